The van der Waals surface area contributed by atoms with Crippen molar-refractivity contribution in [2.45, 2.75) is 44.8 Å². The molecule has 2 heterocycles. The summed E-state index contributed by atoms with van der Waals surface area (Å²) < 4.78 is 0. The lowest BCUT2D eigenvalue weighted by Crippen LogP contribution is -2.51. The number of hydrogen-bond acceptors (Lipinski definition) is 7. The first kappa shape index (κ1) is 22.2. The summed E-state index contributed by atoms with van der Waals surface area (Å²) in [5.41, 5.74) is 1.98. The van der Waals surface area contributed by atoms with E-state index >= 15 is 0 Å². The summed E-state index contributed by atoms with van der Waals surface area (Å²) in [5, 5.41) is 24.6. The zero-order valence-electron chi connectivity index (χ0n) is 18.2. The zero-order chi connectivity index (χ0) is 22.8. The van der Waals surface area contributed by atoms with E-state index in [0.29, 0.717) is 17.4 Å². The van der Waals surface area contributed by atoms with Crippen molar-refractivity contribution >= 4 is 23.5 Å². The monoisotopic (exact) mass is 439 g/mol. The van der Waals surface area contributed by atoms with Crippen LogP contribution in [-0.4, -0.2) is 57.3 Å². The molecule has 4 N–H and O–H groups in total. The Morgan fingerprint density at radius 3 is 2.47 bits per heavy atom. The van der Waals surface area contributed by atoms with Gasteiger partial charge in [0.15, 0.2) is 0 Å². The second-order valence-corrected chi connectivity index (χ2v) is 8.58. The highest BCUT2D eigenvalue weighted by Gasteiger charge is 2.47. The van der Waals surface area contributed by atoms with Crippen LogP contribution in [0.2, 0.25) is 0 Å². The van der Waals surface area contributed by atoms with Crippen LogP contribution in [0.3, 0.4) is 0 Å². The maximum Gasteiger partial charge on any atom is 0.251 e. The van der Waals surface area contributed by atoms with Crippen molar-refractivity contribution in [1.82, 2.24) is 15.3 Å². The number of anilines is 2. The molecule has 3 unspecified atom stereocenters. The van der Waals surface area contributed by atoms with Crippen LogP contribution in [-0.2, 0) is 4.79 Å². The van der Waals surface area contributed by atoms with Gasteiger partial charge in [0.25, 0.3) is 5.91 Å². The smallest absolute Gasteiger partial charge is 0.251 e. The van der Waals surface area contributed by atoms with E-state index in [-0.39, 0.29) is 37.1 Å². The fourth-order valence-electron chi connectivity index (χ4n) is 4.64. The molecule has 9 nitrogen and oxygen atoms in total. The molecule has 0 saturated heterocycles. The van der Waals surface area contributed by atoms with Gasteiger partial charge in [-0.05, 0) is 48.6 Å². The molecular formula is C23H29N5O4. The van der Waals surface area contributed by atoms with Gasteiger partial charge in [0.2, 0.25) is 11.9 Å². The molecule has 32 heavy (non-hydrogen) atoms. The van der Waals surface area contributed by atoms with Gasteiger partial charge in [-0.15, -0.1) is 0 Å². The van der Waals surface area contributed by atoms with E-state index in [1.165, 1.54) is 0 Å². The summed E-state index contributed by atoms with van der Waals surface area (Å²) in [6.07, 6.45) is 5.51. The molecule has 1 aromatic heterocycles. The molecule has 3 atom stereocenters. The van der Waals surface area contributed by atoms with Crippen molar-refractivity contribution in [3.05, 3.63) is 47.8 Å². The Kier molecular flexibility index (Phi) is 6.38. The number of aromatic nitrogens is 2. The number of nitrogens with zero attached hydrogens (tertiary/aromatic N) is 3. The zero-order valence-corrected chi connectivity index (χ0v) is 18.2. The predicted molar refractivity (Wildman–Crippen MR) is 119 cm³/mol. The summed E-state index contributed by atoms with van der Waals surface area (Å²) in [5.74, 6) is 0.560. The normalized spacial score (nSPS) is 22.4. The standard InChI is InChI=1S/C23H29N5O4/c1-13-20(27-23-24-8-3-9-25-23)18-10-16(22(32)26-17(11-29)12-30)6-7-19(18)28(14(2)31)21(13)15-4-5-15/h3,6-10,13,15,17,20-21,29-30H,4-5,11-12H2,1-2H3,(H,26,32)(H,24,25,27). The molecule has 2 aromatic rings. The van der Waals surface area contributed by atoms with Gasteiger partial charge >= 0.3 is 0 Å². The minimum absolute atomic E-state index is 0.0257. The van der Waals surface area contributed by atoms with E-state index in [1.54, 1.807) is 43.6 Å². The highest BCUT2D eigenvalue weighted by molar-refractivity contribution is 5.98. The molecule has 1 saturated carbocycles. The molecule has 9 heteroatoms. The summed E-state index contributed by atoms with van der Waals surface area (Å²) in [6.45, 7) is 2.97. The molecule has 1 fully saturated rings. The molecule has 170 valence electrons. The molecule has 0 spiro atoms. The van der Waals surface area contributed by atoms with Crippen molar-refractivity contribution in [1.29, 1.82) is 0 Å². The van der Waals surface area contributed by atoms with Crippen LogP contribution >= 0.6 is 0 Å². The van der Waals surface area contributed by atoms with Crippen LogP contribution in [0.4, 0.5) is 11.6 Å². The van der Waals surface area contributed by atoms with Crippen molar-refractivity contribution in [3.63, 3.8) is 0 Å². The van der Waals surface area contributed by atoms with Gasteiger partial charge in [0, 0.05) is 42.5 Å². The van der Waals surface area contributed by atoms with Gasteiger partial charge < -0.3 is 25.7 Å². The fourth-order valence-corrected chi connectivity index (χ4v) is 4.64. The lowest BCUT2D eigenvalue weighted by molar-refractivity contribution is -0.117. The second-order valence-electron chi connectivity index (χ2n) is 8.58. The lowest BCUT2D eigenvalue weighted by atomic mass is 9.79. The summed E-state index contributed by atoms with van der Waals surface area (Å²) >= 11 is 0. The number of amides is 2. The first-order chi connectivity index (χ1) is 15.4. The summed E-state index contributed by atoms with van der Waals surface area (Å²) in [4.78, 5) is 35.9. The third kappa shape index (κ3) is 4.31. The third-order valence-electron chi connectivity index (χ3n) is 6.32. The number of aliphatic hydroxyl groups excluding tert-OH is 2. The average Bonchev–Trinajstić information content (AvgIpc) is 3.64. The predicted octanol–water partition coefficient (Wildman–Crippen LogP) is 1.49. The highest BCUT2D eigenvalue weighted by atomic mass is 16.3. The Balaban J connectivity index is 1.75. The maximum atomic E-state index is 12.7. The number of hydrogen-bond donors (Lipinski definition) is 4. The molecule has 1 aromatic carbocycles. The number of carbonyl (C=O) groups excluding carboxylic acids is 2. The van der Waals surface area contributed by atoms with Gasteiger partial charge in [-0.2, -0.15) is 0 Å². The third-order valence-corrected chi connectivity index (χ3v) is 6.32. The van der Waals surface area contributed by atoms with Gasteiger partial charge in [-0.25, -0.2) is 9.97 Å². The van der Waals surface area contributed by atoms with E-state index in [1.807, 2.05) is 4.90 Å². The molecule has 0 bridgehead atoms. The molecule has 1 aliphatic heterocycles. The Morgan fingerprint density at radius 1 is 1.19 bits per heavy atom. The number of rotatable bonds is 7. The minimum Gasteiger partial charge on any atom is -0.394 e. The number of benzene rings is 1. The highest BCUT2D eigenvalue weighted by Crippen LogP contribution is 2.50. The Bertz CT molecular complexity index is 978. The first-order valence-corrected chi connectivity index (χ1v) is 10.9. The van der Waals surface area contributed by atoms with Crippen LogP contribution in [0, 0.1) is 11.8 Å². The number of aliphatic hydroxyl groups is 2. The minimum atomic E-state index is -0.739. The fraction of sp³-hybridized carbons (Fsp3) is 0.478. The maximum absolute atomic E-state index is 12.7. The number of carbonyl (C=O) groups is 2. The second kappa shape index (κ2) is 9.22. The topological polar surface area (TPSA) is 128 Å². The largest absolute Gasteiger partial charge is 0.394 e. The number of nitrogens with one attached hydrogen (secondary N) is 2. The van der Waals surface area contributed by atoms with Crippen LogP contribution in [0.15, 0.2) is 36.7 Å². The number of fused-ring (bicyclic) bond motifs is 1. The first-order valence-electron chi connectivity index (χ1n) is 10.9. The van der Waals surface area contributed by atoms with Crippen LogP contribution < -0.4 is 15.5 Å². The molecular weight excluding hydrogens is 410 g/mol. The Morgan fingerprint density at radius 2 is 1.88 bits per heavy atom. The van der Waals surface area contributed by atoms with Gasteiger partial charge in [0.1, 0.15) is 0 Å². The van der Waals surface area contributed by atoms with E-state index in [2.05, 4.69) is 27.5 Å². The van der Waals surface area contributed by atoms with Crippen molar-refractivity contribution < 1.29 is 19.8 Å². The van der Waals surface area contributed by atoms with E-state index in [9.17, 15) is 19.8 Å². The average molecular weight is 440 g/mol. The van der Waals surface area contributed by atoms with Crippen LogP contribution in [0.5, 0.6) is 0 Å². The van der Waals surface area contributed by atoms with Crippen LogP contribution in [0.1, 0.15) is 48.7 Å². The quantitative estimate of drug-likeness (QED) is 0.515. The molecule has 0 radical (unpaired) electrons. The Hall–Kier alpha value is -3.04. The Labute approximate surface area is 186 Å². The molecule has 2 amide bonds. The SMILES string of the molecule is CC(=O)N1c2ccc(C(=O)NC(CO)CO)cc2C(Nc2ncccn2)C(C)C1C1CC1. The van der Waals surface area contributed by atoms with E-state index < -0.39 is 11.9 Å². The lowest BCUT2D eigenvalue weighted by Gasteiger charge is -2.45. The van der Waals surface area contributed by atoms with Gasteiger partial charge in [-0.1, -0.05) is 6.92 Å². The molecule has 1 aliphatic carbocycles. The van der Waals surface area contributed by atoms with Crippen molar-refractivity contribution in [2.24, 2.45) is 11.8 Å². The van der Waals surface area contributed by atoms with Crippen LogP contribution in [0.25, 0.3) is 0 Å². The van der Waals surface area contributed by atoms with E-state index in [0.717, 1.165) is 24.1 Å². The van der Waals surface area contributed by atoms with Gasteiger partial charge in [0.05, 0.1) is 25.3 Å². The molecule has 2 aliphatic rings. The van der Waals surface area contributed by atoms with Crippen molar-refractivity contribution in [3.8, 4) is 0 Å². The van der Waals surface area contributed by atoms with Crippen molar-refractivity contribution in [2.75, 3.05) is 23.4 Å². The van der Waals surface area contributed by atoms with E-state index in [4.69, 9.17) is 0 Å². The molecule has 4 rings (SSSR count). The summed E-state index contributed by atoms with van der Waals surface area (Å²) in [6, 6.07) is 6.10. The summed E-state index contributed by atoms with van der Waals surface area (Å²) in [7, 11) is 0. The van der Waals surface area contributed by atoms with Gasteiger partial charge in [-0.3, -0.25) is 9.59 Å².